The zero-order valence-corrected chi connectivity index (χ0v) is 15.7. The summed E-state index contributed by atoms with van der Waals surface area (Å²) in [6.07, 6.45) is -1.93. The number of carbonyl (C=O) groups is 1. The lowest BCUT2D eigenvalue weighted by atomic mass is 10.1. The summed E-state index contributed by atoms with van der Waals surface area (Å²) < 4.78 is 41.1. The third-order valence-corrected chi connectivity index (χ3v) is 4.40. The fourth-order valence-electron chi connectivity index (χ4n) is 2.87. The summed E-state index contributed by atoms with van der Waals surface area (Å²) in [5.41, 5.74) is 0.371. The van der Waals surface area contributed by atoms with E-state index in [0.29, 0.717) is 22.8 Å². The highest BCUT2D eigenvalue weighted by Crippen LogP contribution is 2.34. The van der Waals surface area contributed by atoms with Crippen LogP contribution >= 0.6 is 11.6 Å². The average molecular weight is 408 g/mol. The fourth-order valence-corrected chi connectivity index (χ4v) is 3.00. The van der Waals surface area contributed by atoms with Crippen molar-refractivity contribution in [2.75, 3.05) is 5.32 Å². The number of hydrogen-bond donors (Lipinski definition) is 1. The molecule has 0 fully saturated rings. The normalized spacial score (nSPS) is 11.5. The van der Waals surface area contributed by atoms with Gasteiger partial charge in [0.15, 0.2) is 0 Å². The van der Waals surface area contributed by atoms with Crippen molar-refractivity contribution in [2.45, 2.75) is 25.9 Å². The maximum Gasteiger partial charge on any atom is 0.418 e. The summed E-state index contributed by atoms with van der Waals surface area (Å²) in [5, 5.41) is 7.20. The molecule has 0 aliphatic rings. The van der Waals surface area contributed by atoms with E-state index in [2.05, 4.69) is 10.4 Å². The monoisotopic (exact) mass is 407 g/mol. The number of aromatic nitrogens is 2. The highest BCUT2D eigenvalue weighted by atomic mass is 35.5. The van der Waals surface area contributed by atoms with Crippen molar-refractivity contribution in [3.8, 4) is 5.69 Å². The van der Waals surface area contributed by atoms with Crippen LogP contribution in [0.4, 0.5) is 18.9 Å². The van der Waals surface area contributed by atoms with E-state index in [0.717, 1.165) is 12.5 Å². The minimum atomic E-state index is -4.57. The topological polar surface area (TPSA) is 46.9 Å². The number of benzene rings is 2. The Morgan fingerprint density at radius 1 is 1.14 bits per heavy atom. The van der Waals surface area contributed by atoms with Gasteiger partial charge >= 0.3 is 6.18 Å². The molecule has 28 heavy (non-hydrogen) atoms. The Morgan fingerprint density at radius 3 is 2.46 bits per heavy atom. The summed E-state index contributed by atoms with van der Waals surface area (Å²) >= 11 is 5.91. The van der Waals surface area contributed by atoms with Crippen LogP contribution in [0.25, 0.3) is 5.69 Å². The second-order valence-corrected chi connectivity index (χ2v) is 6.58. The Labute approximate surface area is 164 Å². The number of halogens is 4. The van der Waals surface area contributed by atoms with Crippen LogP contribution in [-0.4, -0.2) is 15.7 Å². The summed E-state index contributed by atoms with van der Waals surface area (Å²) in [7, 11) is 0. The number of hydrogen-bond acceptors (Lipinski definition) is 2. The van der Waals surface area contributed by atoms with Gasteiger partial charge in [0.2, 0.25) is 0 Å². The summed E-state index contributed by atoms with van der Waals surface area (Å²) in [6, 6.07) is 11.8. The number of amides is 1. The smallest absolute Gasteiger partial charge is 0.321 e. The number of para-hydroxylation sites is 1. The van der Waals surface area contributed by atoms with Crippen LogP contribution in [0, 0.1) is 0 Å². The Hall–Kier alpha value is -2.80. The number of carbonyl (C=O) groups excluding carboxylic acids is 1. The lowest BCUT2D eigenvalue weighted by Gasteiger charge is -2.14. The molecule has 1 heterocycles. The van der Waals surface area contributed by atoms with Gasteiger partial charge in [-0.25, -0.2) is 4.68 Å². The van der Waals surface area contributed by atoms with Crippen molar-refractivity contribution in [1.82, 2.24) is 9.78 Å². The van der Waals surface area contributed by atoms with Gasteiger partial charge in [0.1, 0.15) is 0 Å². The molecule has 1 N–H and O–H groups in total. The molecule has 146 valence electrons. The van der Waals surface area contributed by atoms with E-state index in [9.17, 15) is 18.0 Å². The van der Waals surface area contributed by atoms with Gasteiger partial charge in [-0.1, -0.05) is 37.1 Å². The summed E-state index contributed by atoms with van der Waals surface area (Å²) in [5.74, 6) is -0.639. The maximum atomic E-state index is 13.2. The van der Waals surface area contributed by atoms with Crippen LogP contribution in [0.5, 0.6) is 0 Å². The van der Waals surface area contributed by atoms with Gasteiger partial charge in [0.25, 0.3) is 5.91 Å². The summed E-state index contributed by atoms with van der Waals surface area (Å²) in [4.78, 5) is 12.7. The number of anilines is 1. The number of nitrogens with one attached hydrogen (secondary N) is 1. The Kier molecular flexibility index (Phi) is 5.74. The zero-order chi connectivity index (χ0) is 20.3. The zero-order valence-electron chi connectivity index (χ0n) is 14.9. The molecule has 1 amide bonds. The van der Waals surface area contributed by atoms with Gasteiger partial charge < -0.3 is 5.32 Å². The van der Waals surface area contributed by atoms with E-state index in [-0.39, 0.29) is 11.3 Å². The van der Waals surface area contributed by atoms with Gasteiger partial charge in [-0.3, -0.25) is 4.79 Å². The van der Waals surface area contributed by atoms with E-state index in [1.54, 1.807) is 28.9 Å². The molecule has 2 aromatic carbocycles. The van der Waals surface area contributed by atoms with Crippen molar-refractivity contribution in [2.24, 2.45) is 0 Å². The molecule has 8 heteroatoms. The Morgan fingerprint density at radius 2 is 1.82 bits per heavy atom. The average Bonchev–Trinajstić information content (AvgIpc) is 3.06. The molecule has 1 aromatic heterocycles. The molecule has 0 radical (unpaired) electrons. The van der Waals surface area contributed by atoms with E-state index >= 15 is 0 Å². The Bertz CT molecular complexity index is 981. The molecule has 0 spiro atoms. The van der Waals surface area contributed by atoms with Crippen LogP contribution in [-0.2, 0) is 12.6 Å². The van der Waals surface area contributed by atoms with E-state index in [1.807, 2.05) is 6.92 Å². The van der Waals surface area contributed by atoms with Crippen LogP contribution in [0.3, 0.4) is 0 Å². The minimum absolute atomic E-state index is 0.230. The van der Waals surface area contributed by atoms with Crippen molar-refractivity contribution in [3.63, 3.8) is 0 Å². The SMILES string of the molecule is CCCc1c(C(=O)Nc2ccccc2C(F)(F)F)cnn1-c1ccc(Cl)cc1. The van der Waals surface area contributed by atoms with Gasteiger partial charge in [-0.2, -0.15) is 18.3 Å². The lowest BCUT2D eigenvalue weighted by Crippen LogP contribution is -2.18. The third kappa shape index (κ3) is 4.20. The van der Waals surface area contributed by atoms with Gasteiger partial charge in [-0.05, 0) is 42.8 Å². The van der Waals surface area contributed by atoms with Crippen molar-refractivity contribution in [3.05, 3.63) is 76.6 Å². The first-order valence-electron chi connectivity index (χ1n) is 8.61. The molecule has 0 atom stereocenters. The minimum Gasteiger partial charge on any atom is -0.321 e. The quantitative estimate of drug-likeness (QED) is 0.585. The highest BCUT2D eigenvalue weighted by Gasteiger charge is 2.34. The molecule has 3 rings (SSSR count). The van der Waals surface area contributed by atoms with Gasteiger partial charge in [-0.15, -0.1) is 0 Å². The second kappa shape index (κ2) is 8.06. The molecule has 4 nitrogen and oxygen atoms in total. The van der Waals surface area contributed by atoms with Gasteiger partial charge in [0.05, 0.1) is 34.4 Å². The number of alkyl halides is 3. The molecule has 0 bridgehead atoms. The first kappa shape index (κ1) is 19.9. The first-order valence-corrected chi connectivity index (χ1v) is 8.99. The van der Waals surface area contributed by atoms with Crippen molar-refractivity contribution in [1.29, 1.82) is 0 Å². The molecule has 0 unspecified atom stereocenters. The largest absolute Gasteiger partial charge is 0.418 e. The highest BCUT2D eigenvalue weighted by molar-refractivity contribution is 6.30. The number of nitrogens with zero attached hydrogens (tertiary/aromatic N) is 2. The van der Waals surface area contributed by atoms with Gasteiger partial charge in [0, 0.05) is 5.02 Å². The van der Waals surface area contributed by atoms with Crippen molar-refractivity contribution >= 4 is 23.2 Å². The summed E-state index contributed by atoms with van der Waals surface area (Å²) in [6.45, 7) is 1.94. The van der Waals surface area contributed by atoms with Crippen LogP contribution < -0.4 is 5.32 Å². The molecule has 0 aliphatic carbocycles. The maximum absolute atomic E-state index is 13.2. The standard InChI is InChI=1S/C20H17ClF3N3O/c1-2-5-18-15(12-25-27(18)14-10-8-13(21)9-11-14)19(28)26-17-7-4-3-6-16(17)20(22,23)24/h3-4,6-12H,2,5H2,1H3,(H,26,28). The molecular weight excluding hydrogens is 391 g/mol. The van der Waals surface area contributed by atoms with Crippen LogP contribution in [0.15, 0.2) is 54.7 Å². The number of rotatable bonds is 5. The lowest BCUT2D eigenvalue weighted by molar-refractivity contribution is -0.136. The van der Waals surface area contributed by atoms with Crippen molar-refractivity contribution < 1.29 is 18.0 Å². The van der Waals surface area contributed by atoms with Crippen LogP contribution in [0.1, 0.15) is 35.0 Å². The van der Waals surface area contributed by atoms with Crippen LogP contribution in [0.2, 0.25) is 5.02 Å². The molecule has 0 aliphatic heterocycles. The second-order valence-electron chi connectivity index (χ2n) is 6.14. The first-order chi connectivity index (χ1) is 13.3. The predicted octanol–water partition coefficient (Wildman–Crippen LogP) is 5.75. The van der Waals surface area contributed by atoms with E-state index in [1.165, 1.54) is 24.4 Å². The van der Waals surface area contributed by atoms with E-state index < -0.39 is 17.6 Å². The van der Waals surface area contributed by atoms with E-state index in [4.69, 9.17) is 11.6 Å². The molecule has 0 saturated carbocycles. The molecule has 3 aromatic rings. The molecular formula is C20H17ClF3N3O. The fraction of sp³-hybridized carbons (Fsp3) is 0.200. The molecule has 0 saturated heterocycles. The predicted molar refractivity (Wildman–Crippen MR) is 102 cm³/mol. The third-order valence-electron chi connectivity index (χ3n) is 4.15. The Balaban J connectivity index is 1.96.